The maximum Gasteiger partial charge on any atom is 0.134 e. The minimum atomic E-state index is 0.244. The molecule has 2 atom stereocenters. The summed E-state index contributed by atoms with van der Waals surface area (Å²) in [6, 6.07) is 0. The standard InChI is InChI=1S/C17H23ClN2/c1-15-3-12-4-16(2,9-15)11-17(5-12,10-15)14-19-7-13(6-18)8-20-14/h7-8,12H,3-6,9-11H2,1-2H3. The van der Waals surface area contributed by atoms with E-state index in [1.807, 2.05) is 12.4 Å². The Morgan fingerprint density at radius 1 is 1.05 bits per heavy atom. The molecule has 2 unspecified atom stereocenters. The summed E-state index contributed by atoms with van der Waals surface area (Å²) in [6.45, 7) is 5.00. The van der Waals surface area contributed by atoms with E-state index in [2.05, 4.69) is 13.8 Å². The van der Waals surface area contributed by atoms with Gasteiger partial charge in [-0.25, -0.2) is 9.97 Å². The van der Waals surface area contributed by atoms with Gasteiger partial charge in [-0.15, -0.1) is 11.6 Å². The molecular formula is C17H23ClN2. The Morgan fingerprint density at radius 3 is 2.15 bits per heavy atom. The summed E-state index contributed by atoms with van der Waals surface area (Å²) in [7, 11) is 0. The van der Waals surface area contributed by atoms with E-state index in [9.17, 15) is 0 Å². The van der Waals surface area contributed by atoms with E-state index < -0.39 is 0 Å². The first-order chi connectivity index (χ1) is 9.44. The maximum absolute atomic E-state index is 5.86. The van der Waals surface area contributed by atoms with Crippen LogP contribution in [-0.2, 0) is 11.3 Å². The Bertz CT molecular complexity index is 520. The van der Waals surface area contributed by atoms with E-state index in [0.717, 1.165) is 17.3 Å². The third kappa shape index (κ3) is 1.83. The molecule has 4 saturated carbocycles. The van der Waals surface area contributed by atoms with Crippen molar-refractivity contribution in [1.29, 1.82) is 0 Å². The van der Waals surface area contributed by atoms with Crippen molar-refractivity contribution in [3.05, 3.63) is 23.8 Å². The van der Waals surface area contributed by atoms with Crippen LogP contribution in [0.15, 0.2) is 12.4 Å². The number of rotatable bonds is 2. The van der Waals surface area contributed by atoms with Crippen LogP contribution in [0.1, 0.15) is 63.8 Å². The van der Waals surface area contributed by atoms with Gasteiger partial charge in [0.1, 0.15) is 5.82 Å². The van der Waals surface area contributed by atoms with Crippen LogP contribution in [0.5, 0.6) is 0 Å². The molecule has 4 aliphatic carbocycles. The van der Waals surface area contributed by atoms with E-state index in [0.29, 0.717) is 16.7 Å². The molecule has 0 aliphatic heterocycles. The van der Waals surface area contributed by atoms with Crippen molar-refractivity contribution in [3.63, 3.8) is 0 Å². The normalized spacial score (nSPS) is 45.9. The highest BCUT2D eigenvalue weighted by molar-refractivity contribution is 6.17. The molecule has 3 heteroatoms. The number of hydrogen-bond donors (Lipinski definition) is 0. The second-order valence-corrected chi connectivity index (χ2v) is 8.73. The van der Waals surface area contributed by atoms with Crippen molar-refractivity contribution in [2.75, 3.05) is 0 Å². The highest BCUT2D eigenvalue weighted by Gasteiger charge is 2.61. The summed E-state index contributed by atoms with van der Waals surface area (Å²) < 4.78 is 0. The Balaban J connectivity index is 1.76. The Labute approximate surface area is 126 Å². The predicted octanol–water partition coefficient (Wildman–Crippen LogP) is 4.46. The fraction of sp³-hybridized carbons (Fsp3) is 0.765. The van der Waals surface area contributed by atoms with Gasteiger partial charge in [-0.2, -0.15) is 0 Å². The topological polar surface area (TPSA) is 25.8 Å². The summed E-state index contributed by atoms with van der Waals surface area (Å²) in [6.07, 6.45) is 12.0. The lowest BCUT2D eigenvalue weighted by Crippen LogP contribution is -2.57. The SMILES string of the molecule is CC12CC3CC(C)(C1)CC(c1ncc(CCl)cn1)(C3)C2. The number of aromatic nitrogens is 2. The molecule has 0 aromatic carbocycles. The minimum absolute atomic E-state index is 0.244. The molecule has 0 radical (unpaired) electrons. The second kappa shape index (κ2) is 3.97. The third-order valence-corrected chi connectivity index (χ3v) is 6.27. The van der Waals surface area contributed by atoms with E-state index in [1.165, 1.54) is 38.5 Å². The Morgan fingerprint density at radius 2 is 1.65 bits per heavy atom. The van der Waals surface area contributed by atoms with Crippen molar-refractivity contribution in [1.82, 2.24) is 9.97 Å². The van der Waals surface area contributed by atoms with Crippen molar-refractivity contribution < 1.29 is 0 Å². The fourth-order valence-electron chi connectivity index (χ4n) is 6.39. The molecule has 4 fully saturated rings. The van der Waals surface area contributed by atoms with Crippen LogP contribution in [0.25, 0.3) is 0 Å². The van der Waals surface area contributed by atoms with Gasteiger partial charge in [-0.05, 0) is 55.3 Å². The first-order valence-electron chi connectivity index (χ1n) is 7.82. The van der Waals surface area contributed by atoms with Crippen molar-refractivity contribution in [3.8, 4) is 0 Å². The molecule has 0 amide bonds. The molecular weight excluding hydrogens is 268 g/mol. The van der Waals surface area contributed by atoms with Gasteiger partial charge in [0.05, 0.1) is 5.88 Å². The van der Waals surface area contributed by atoms with E-state index in [1.54, 1.807) is 0 Å². The van der Waals surface area contributed by atoms with Gasteiger partial charge in [0.2, 0.25) is 0 Å². The fourth-order valence-corrected chi connectivity index (χ4v) is 6.53. The van der Waals surface area contributed by atoms with Crippen LogP contribution in [0, 0.1) is 16.7 Å². The molecule has 5 rings (SSSR count). The summed E-state index contributed by atoms with van der Waals surface area (Å²) >= 11 is 5.86. The van der Waals surface area contributed by atoms with Crippen LogP contribution in [-0.4, -0.2) is 9.97 Å². The molecule has 4 bridgehead atoms. The van der Waals surface area contributed by atoms with Crippen LogP contribution < -0.4 is 0 Å². The molecule has 108 valence electrons. The van der Waals surface area contributed by atoms with Gasteiger partial charge in [0.25, 0.3) is 0 Å². The van der Waals surface area contributed by atoms with E-state index >= 15 is 0 Å². The zero-order valence-corrected chi connectivity index (χ0v) is 13.2. The van der Waals surface area contributed by atoms with Gasteiger partial charge < -0.3 is 0 Å². The minimum Gasteiger partial charge on any atom is -0.240 e. The third-order valence-electron chi connectivity index (χ3n) is 5.96. The Hall–Kier alpha value is -0.630. The van der Waals surface area contributed by atoms with Gasteiger partial charge in [-0.3, -0.25) is 0 Å². The van der Waals surface area contributed by atoms with Crippen LogP contribution >= 0.6 is 11.6 Å². The number of nitrogens with zero attached hydrogens (tertiary/aromatic N) is 2. The molecule has 4 aliphatic rings. The summed E-state index contributed by atoms with van der Waals surface area (Å²) in [5.74, 6) is 2.48. The number of halogens is 1. The van der Waals surface area contributed by atoms with Crippen molar-refractivity contribution in [2.24, 2.45) is 16.7 Å². The molecule has 0 saturated heterocycles. The zero-order valence-electron chi connectivity index (χ0n) is 12.5. The van der Waals surface area contributed by atoms with Crippen LogP contribution in [0.4, 0.5) is 0 Å². The quantitative estimate of drug-likeness (QED) is 0.751. The van der Waals surface area contributed by atoms with E-state index in [4.69, 9.17) is 21.6 Å². The predicted molar refractivity (Wildman–Crippen MR) is 80.7 cm³/mol. The molecule has 2 nitrogen and oxygen atoms in total. The summed E-state index contributed by atoms with van der Waals surface area (Å²) in [5.41, 5.74) is 2.30. The van der Waals surface area contributed by atoms with Gasteiger partial charge in [-0.1, -0.05) is 13.8 Å². The first kappa shape index (κ1) is 13.1. The molecule has 20 heavy (non-hydrogen) atoms. The van der Waals surface area contributed by atoms with Gasteiger partial charge in [0.15, 0.2) is 0 Å². The highest BCUT2D eigenvalue weighted by atomic mass is 35.5. The molecule has 1 heterocycles. The first-order valence-corrected chi connectivity index (χ1v) is 8.35. The van der Waals surface area contributed by atoms with E-state index in [-0.39, 0.29) is 5.41 Å². The lowest BCUT2D eigenvalue weighted by molar-refractivity contribution is -0.112. The number of alkyl halides is 1. The van der Waals surface area contributed by atoms with Gasteiger partial charge in [0, 0.05) is 23.4 Å². The van der Waals surface area contributed by atoms with Crippen molar-refractivity contribution in [2.45, 2.75) is 63.7 Å². The zero-order chi connectivity index (χ0) is 14.0. The monoisotopic (exact) mass is 290 g/mol. The Kier molecular flexibility index (Phi) is 2.59. The smallest absolute Gasteiger partial charge is 0.134 e. The summed E-state index contributed by atoms with van der Waals surface area (Å²) in [4.78, 5) is 9.41. The average molecular weight is 291 g/mol. The van der Waals surface area contributed by atoms with Crippen molar-refractivity contribution >= 4 is 11.6 Å². The molecule has 0 N–H and O–H groups in total. The largest absolute Gasteiger partial charge is 0.240 e. The lowest BCUT2D eigenvalue weighted by atomic mass is 9.40. The maximum atomic E-state index is 5.86. The van der Waals surface area contributed by atoms with Crippen LogP contribution in [0.2, 0.25) is 0 Å². The molecule has 1 aromatic rings. The summed E-state index contributed by atoms with van der Waals surface area (Å²) in [5, 5.41) is 0. The van der Waals surface area contributed by atoms with Crippen LogP contribution in [0.3, 0.4) is 0 Å². The molecule has 0 spiro atoms. The number of hydrogen-bond acceptors (Lipinski definition) is 2. The highest BCUT2D eigenvalue weighted by Crippen LogP contribution is 2.69. The van der Waals surface area contributed by atoms with Gasteiger partial charge >= 0.3 is 0 Å². The average Bonchev–Trinajstić information content (AvgIpc) is 2.34. The lowest BCUT2D eigenvalue weighted by Gasteiger charge is -2.64. The second-order valence-electron chi connectivity index (χ2n) is 8.46. The molecule has 1 aromatic heterocycles.